The van der Waals surface area contributed by atoms with Gasteiger partial charge >= 0.3 is 12.3 Å². The zero-order valence-electron chi connectivity index (χ0n) is 12.7. The molecule has 0 aromatic heterocycles. The molecular formula is C16H13F3N2O4. The summed E-state index contributed by atoms with van der Waals surface area (Å²) in [7, 11) is 0. The van der Waals surface area contributed by atoms with E-state index in [1.54, 1.807) is 35.6 Å². The molecule has 2 rings (SSSR count). The van der Waals surface area contributed by atoms with E-state index in [0.29, 0.717) is 5.56 Å². The highest BCUT2D eigenvalue weighted by molar-refractivity contribution is 5.68. The number of carbonyl (C=O) groups excluding carboxylic acids is 1. The summed E-state index contributed by atoms with van der Waals surface area (Å²) in [6, 6.07) is 9.98. The molecule has 2 aromatic rings. The van der Waals surface area contributed by atoms with E-state index >= 15 is 0 Å². The number of hydrogen-bond donors (Lipinski definition) is 1. The molecule has 0 heterocycles. The molecule has 0 spiro atoms. The lowest BCUT2D eigenvalue weighted by Crippen LogP contribution is -2.38. The van der Waals surface area contributed by atoms with E-state index in [-0.39, 0.29) is 6.61 Å². The van der Waals surface area contributed by atoms with Crippen molar-refractivity contribution in [2.24, 2.45) is 0 Å². The number of halogens is 3. The van der Waals surface area contributed by atoms with Crippen LogP contribution in [-0.4, -0.2) is 17.2 Å². The normalized spacial score (nSPS) is 12.3. The van der Waals surface area contributed by atoms with Crippen LogP contribution in [0, 0.1) is 10.1 Å². The van der Waals surface area contributed by atoms with Crippen molar-refractivity contribution < 1.29 is 27.6 Å². The van der Waals surface area contributed by atoms with Crippen LogP contribution in [0.5, 0.6) is 0 Å². The Kier molecular flexibility index (Phi) is 5.58. The monoisotopic (exact) mass is 354 g/mol. The fourth-order valence-corrected chi connectivity index (χ4v) is 2.05. The molecule has 25 heavy (non-hydrogen) atoms. The van der Waals surface area contributed by atoms with Crippen LogP contribution in [0.25, 0.3) is 0 Å². The molecule has 9 heteroatoms. The Balaban J connectivity index is 2.11. The number of non-ortho nitro benzene ring substituents is 1. The van der Waals surface area contributed by atoms with Gasteiger partial charge in [-0.25, -0.2) is 4.79 Å². The number of hydrogen-bond acceptors (Lipinski definition) is 4. The first-order valence-electron chi connectivity index (χ1n) is 7.05. The summed E-state index contributed by atoms with van der Waals surface area (Å²) in [6.07, 6.45) is -6.13. The molecule has 6 nitrogen and oxygen atoms in total. The van der Waals surface area contributed by atoms with E-state index in [0.717, 1.165) is 24.3 Å². The van der Waals surface area contributed by atoms with Crippen molar-refractivity contribution in [1.82, 2.24) is 5.32 Å². The minimum Gasteiger partial charge on any atom is -0.445 e. The molecule has 1 N–H and O–H groups in total. The molecular weight excluding hydrogens is 341 g/mol. The van der Waals surface area contributed by atoms with Gasteiger partial charge in [0.2, 0.25) is 0 Å². The van der Waals surface area contributed by atoms with Gasteiger partial charge in [0.1, 0.15) is 6.61 Å². The lowest BCUT2D eigenvalue weighted by Gasteiger charge is -2.21. The van der Waals surface area contributed by atoms with E-state index < -0.39 is 34.5 Å². The Labute approximate surface area is 140 Å². The molecule has 132 valence electrons. The van der Waals surface area contributed by atoms with E-state index in [2.05, 4.69) is 0 Å². The summed E-state index contributed by atoms with van der Waals surface area (Å²) < 4.78 is 44.4. The summed E-state index contributed by atoms with van der Waals surface area (Å²) in [5, 5.41) is 12.4. The molecule has 0 fully saturated rings. The van der Waals surface area contributed by atoms with Crippen LogP contribution in [0.1, 0.15) is 17.2 Å². The molecule has 0 aliphatic heterocycles. The molecule has 1 unspecified atom stereocenters. The molecule has 0 saturated heterocycles. The summed E-state index contributed by atoms with van der Waals surface area (Å²) in [4.78, 5) is 21.6. The summed E-state index contributed by atoms with van der Waals surface area (Å²) in [6.45, 7) is -0.202. The number of nitrogens with zero attached hydrogens (tertiary/aromatic N) is 1. The van der Waals surface area contributed by atoms with Crippen LogP contribution in [0.15, 0.2) is 54.6 Å². The SMILES string of the molecule is O=C(NC(c1cccc([N+](=O)[O-])c1)C(F)(F)F)OCc1ccccc1. The molecule has 2 aromatic carbocycles. The van der Waals surface area contributed by atoms with Crippen molar-refractivity contribution in [3.63, 3.8) is 0 Å². The van der Waals surface area contributed by atoms with Crippen LogP contribution in [0.2, 0.25) is 0 Å². The second kappa shape index (κ2) is 7.65. The number of rotatable bonds is 5. The van der Waals surface area contributed by atoms with Gasteiger partial charge in [0.05, 0.1) is 4.92 Å². The van der Waals surface area contributed by atoms with E-state index in [1.807, 2.05) is 0 Å². The van der Waals surface area contributed by atoms with Gasteiger partial charge in [0.25, 0.3) is 5.69 Å². The standard InChI is InChI=1S/C16H13F3N2O4/c17-16(18,19)14(12-7-4-8-13(9-12)21(23)24)20-15(22)25-10-11-5-2-1-3-6-11/h1-9,14H,10H2,(H,20,22). The highest BCUT2D eigenvalue weighted by atomic mass is 19.4. The molecule has 1 amide bonds. The zero-order chi connectivity index (χ0) is 18.4. The van der Waals surface area contributed by atoms with Gasteiger partial charge in [-0.2, -0.15) is 13.2 Å². The number of carbonyl (C=O) groups is 1. The number of benzene rings is 2. The third kappa shape index (κ3) is 5.20. The minimum atomic E-state index is -4.85. The molecule has 0 aliphatic carbocycles. The number of alkyl halides is 3. The third-order valence-corrected chi connectivity index (χ3v) is 3.22. The Bertz CT molecular complexity index is 751. The van der Waals surface area contributed by atoms with Gasteiger partial charge in [0, 0.05) is 12.1 Å². The predicted molar refractivity (Wildman–Crippen MR) is 81.7 cm³/mol. The number of nitro groups is 1. The Morgan fingerprint density at radius 2 is 1.84 bits per heavy atom. The van der Waals surface area contributed by atoms with Crippen molar-refractivity contribution in [2.75, 3.05) is 0 Å². The first-order chi connectivity index (χ1) is 11.8. The maximum absolute atomic E-state index is 13.2. The number of ether oxygens (including phenoxy) is 1. The Hall–Kier alpha value is -3.10. The van der Waals surface area contributed by atoms with E-state index in [9.17, 15) is 28.1 Å². The average molecular weight is 354 g/mol. The van der Waals surface area contributed by atoms with Crippen molar-refractivity contribution >= 4 is 11.8 Å². The summed E-state index contributed by atoms with van der Waals surface area (Å²) in [5.74, 6) is 0. The largest absolute Gasteiger partial charge is 0.445 e. The van der Waals surface area contributed by atoms with Gasteiger partial charge < -0.3 is 10.1 Å². The van der Waals surface area contributed by atoms with Crippen molar-refractivity contribution in [3.05, 3.63) is 75.8 Å². The van der Waals surface area contributed by atoms with Crippen molar-refractivity contribution in [3.8, 4) is 0 Å². The van der Waals surface area contributed by atoms with Crippen LogP contribution < -0.4 is 5.32 Å². The lowest BCUT2D eigenvalue weighted by atomic mass is 10.1. The maximum atomic E-state index is 13.2. The highest BCUT2D eigenvalue weighted by Gasteiger charge is 2.42. The second-order valence-electron chi connectivity index (χ2n) is 5.03. The van der Waals surface area contributed by atoms with Gasteiger partial charge in [0.15, 0.2) is 6.04 Å². The smallest absolute Gasteiger partial charge is 0.412 e. The number of nitrogens with one attached hydrogen (secondary N) is 1. The van der Waals surface area contributed by atoms with Crippen molar-refractivity contribution in [2.45, 2.75) is 18.8 Å². The molecule has 0 bridgehead atoms. The van der Waals surface area contributed by atoms with Gasteiger partial charge in [-0.1, -0.05) is 42.5 Å². The Morgan fingerprint density at radius 1 is 1.16 bits per heavy atom. The first-order valence-corrected chi connectivity index (χ1v) is 7.05. The van der Waals surface area contributed by atoms with Crippen LogP contribution in [0.4, 0.5) is 23.7 Å². The van der Waals surface area contributed by atoms with Crippen LogP contribution in [0.3, 0.4) is 0 Å². The van der Waals surface area contributed by atoms with Crippen LogP contribution in [-0.2, 0) is 11.3 Å². The van der Waals surface area contributed by atoms with Gasteiger partial charge in [-0.3, -0.25) is 10.1 Å². The minimum absolute atomic E-state index is 0.202. The van der Waals surface area contributed by atoms with E-state index in [1.165, 1.54) is 0 Å². The third-order valence-electron chi connectivity index (χ3n) is 3.22. The van der Waals surface area contributed by atoms with Gasteiger partial charge in [-0.05, 0) is 11.1 Å². The summed E-state index contributed by atoms with van der Waals surface area (Å²) >= 11 is 0. The number of nitro benzene ring substituents is 1. The van der Waals surface area contributed by atoms with Crippen LogP contribution >= 0.6 is 0 Å². The number of alkyl carbamates (subject to hydrolysis) is 1. The van der Waals surface area contributed by atoms with E-state index in [4.69, 9.17) is 4.74 Å². The average Bonchev–Trinajstić information content (AvgIpc) is 2.58. The molecule has 0 saturated carbocycles. The maximum Gasteiger partial charge on any atom is 0.412 e. The highest BCUT2D eigenvalue weighted by Crippen LogP contribution is 2.34. The second-order valence-corrected chi connectivity index (χ2v) is 5.03. The Morgan fingerprint density at radius 3 is 2.44 bits per heavy atom. The molecule has 1 atom stereocenters. The first kappa shape index (κ1) is 18.2. The molecule has 0 radical (unpaired) electrons. The zero-order valence-corrected chi connectivity index (χ0v) is 12.7. The lowest BCUT2D eigenvalue weighted by molar-refractivity contribution is -0.385. The fraction of sp³-hybridized carbons (Fsp3) is 0.188. The van der Waals surface area contributed by atoms with Crippen molar-refractivity contribution in [1.29, 1.82) is 0 Å². The predicted octanol–water partition coefficient (Wildman–Crippen LogP) is 4.12. The molecule has 0 aliphatic rings. The fourth-order valence-electron chi connectivity index (χ4n) is 2.05. The number of amides is 1. The quantitative estimate of drug-likeness (QED) is 0.647. The topological polar surface area (TPSA) is 81.5 Å². The summed E-state index contributed by atoms with van der Waals surface area (Å²) in [5.41, 5.74) is -0.360. The van der Waals surface area contributed by atoms with Gasteiger partial charge in [-0.15, -0.1) is 0 Å².